The van der Waals surface area contributed by atoms with E-state index in [4.69, 9.17) is 23.2 Å². The Hall–Kier alpha value is -1.67. The number of amides is 1. The number of nitrogens with zero attached hydrogens (tertiary/aromatic N) is 1. The largest absolute Gasteiger partial charge is 0.353 e. The van der Waals surface area contributed by atoms with E-state index in [1.165, 1.54) is 42.5 Å². The lowest BCUT2D eigenvalue weighted by atomic mass is 10.2. The standard InChI is InChI=1S/C20H23Cl2FN2O3S/c1-3-5-14(2)24-20(26)13-25(12-17-18(22)6-4-7-19(17)23)29(27,28)16-10-8-15(21)9-11-16/h4,6-11,14H,3,5,12-13H2,1-2H3,(H,24,26)/t14-/m0/s1. The predicted octanol–water partition coefficient (Wildman–Crippen LogP) is 4.63. The maximum Gasteiger partial charge on any atom is 0.243 e. The third-order valence-electron chi connectivity index (χ3n) is 4.30. The van der Waals surface area contributed by atoms with Crippen molar-refractivity contribution in [3.05, 3.63) is 63.9 Å². The first-order valence-corrected chi connectivity index (χ1v) is 11.3. The van der Waals surface area contributed by atoms with Gasteiger partial charge in [-0.3, -0.25) is 4.79 Å². The second-order valence-electron chi connectivity index (χ2n) is 6.68. The Labute approximate surface area is 180 Å². The molecule has 0 aliphatic rings. The zero-order valence-corrected chi connectivity index (χ0v) is 18.5. The van der Waals surface area contributed by atoms with Crippen LogP contribution in [0.2, 0.25) is 10.0 Å². The fourth-order valence-corrected chi connectivity index (χ4v) is 4.54. The maximum absolute atomic E-state index is 14.3. The summed E-state index contributed by atoms with van der Waals surface area (Å²) in [7, 11) is -4.10. The molecule has 0 aliphatic carbocycles. The van der Waals surface area contributed by atoms with Crippen molar-refractivity contribution in [3.63, 3.8) is 0 Å². The summed E-state index contributed by atoms with van der Waals surface area (Å²) < 4.78 is 41.5. The van der Waals surface area contributed by atoms with Gasteiger partial charge in [0.2, 0.25) is 15.9 Å². The summed E-state index contributed by atoms with van der Waals surface area (Å²) in [6.07, 6.45) is 1.63. The SMILES string of the molecule is CCC[C@H](C)NC(=O)CN(Cc1c(F)cccc1Cl)S(=O)(=O)c1ccc(Cl)cc1. The van der Waals surface area contributed by atoms with Gasteiger partial charge in [0, 0.05) is 28.2 Å². The van der Waals surface area contributed by atoms with Gasteiger partial charge in [0.1, 0.15) is 5.82 Å². The maximum atomic E-state index is 14.3. The van der Waals surface area contributed by atoms with Gasteiger partial charge in [0.05, 0.1) is 11.4 Å². The van der Waals surface area contributed by atoms with Gasteiger partial charge in [0.25, 0.3) is 0 Å². The zero-order chi connectivity index (χ0) is 21.6. The van der Waals surface area contributed by atoms with Gasteiger partial charge in [-0.1, -0.05) is 42.6 Å². The average molecular weight is 461 g/mol. The lowest BCUT2D eigenvalue weighted by Gasteiger charge is -2.23. The second-order valence-corrected chi connectivity index (χ2v) is 9.47. The molecular weight excluding hydrogens is 438 g/mol. The van der Waals surface area contributed by atoms with Crippen LogP contribution >= 0.6 is 23.2 Å². The number of benzene rings is 2. The molecule has 1 N–H and O–H groups in total. The van der Waals surface area contributed by atoms with Crippen LogP contribution in [-0.4, -0.2) is 31.2 Å². The molecule has 2 rings (SSSR count). The fraction of sp³-hybridized carbons (Fsp3) is 0.350. The van der Waals surface area contributed by atoms with E-state index in [9.17, 15) is 17.6 Å². The van der Waals surface area contributed by atoms with E-state index < -0.39 is 28.3 Å². The number of nitrogens with one attached hydrogen (secondary N) is 1. The van der Waals surface area contributed by atoms with Crippen molar-refractivity contribution in [2.75, 3.05) is 6.54 Å². The quantitative estimate of drug-likeness (QED) is 0.592. The molecule has 0 unspecified atom stereocenters. The highest BCUT2D eigenvalue weighted by Gasteiger charge is 2.29. The number of carbonyl (C=O) groups is 1. The molecule has 5 nitrogen and oxygen atoms in total. The monoisotopic (exact) mass is 460 g/mol. The van der Waals surface area contributed by atoms with Crippen LogP contribution < -0.4 is 5.32 Å². The lowest BCUT2D eigenvalue weighted by Crippen LogP contribution is -2.43. The van der Waals surface area contributed by atoms with Gasteiger partial charge >= 0.3 is 0 Å². The van der Waals surface area contributed by atoms with Gasteiger partial charge in [0.15, 0.2) is 0 Å². The smallest absolute Gasteiger partial charge is 0.243 e. The number of sulfonamides is 1. The summed E-state index contributed by atoms with van der Waals surface area (Å²) in [5.41, 5.74) is 0.00103. The van der Waals surface area contributed by atoms with Gasteiger partial charge in [-0.05, 0) is 49.7 Å². The summed E-state index contributed by atoms with van der Waals surface area (Å²) in [4.78, 5) is 12.4. The summed E-state index contributed by atoms with van der Waals surface area (Å²) in [5.74, 6) is -1.12. The van der Waals surface area contributed by atoms with Crippen molar-refractivity contribution < 1.29 is 17.6 Å². The molecular formula is C20H23Cl2FN2O3S. The summed E-state index contributed by atoms with van der Waals surface area (Å²) in [6.45, 7) is 2.98. The highest BCUT2D eigenvalue weighted by Crippen LogP contribution is 2.25. The molecule has 0 radical (unpaired) electrons. The number of hydrogen-bond donors (Lipinski definition) is 1. The molecule has 0 spiro atoms. The minimum Gasteiger partial charge on any atom is -0.353 e. The van der Waals surface area contributed by atoms with Crippen LogP contribution in [0.5, 0.6) is 0 Å². The van der Waals surface area contributed by atoms with E-state index in [0.717, 1.165) is 17.1 Å². The van der Waals surface area contributed by atoms with E-state index in [-0.39, 0.29) is 28.1 Å². The summed E-state index contributed by atoms with van der Waals surface area (Å²) in [6, 6.07) is 9.53. The molecule has 0 bridgehead atoms. The van der Waals surface area contributed by atoms with E-state index >= 15 is 0 Å². The van der Waals surface area contributed by atoms with Crippen LogP contribution in [0.15, 0.2) is 47.4 Å². The average Bonchev–Trinajstić information content (AvgIpc) is 2.64. The molecule has 0 aliphatic heterocycles. The minimum atomic E-state index is -4.10. The molecule has 2 aromatic rings. The third-order valence-corrected chi connectivity index (χ3v) is 6.71. The first-order valence-electron chi connectivity index (χ1n) is 9.13. The normalized spacial score (nSPS) is 12.8. The van der Waals surface area contributed by atoms with Crippen LogP contribution in [0.25, 0.3) is 0 Å². The van der Waals surface area contributed by atoms with Crippen molar-refractivity contribution in [1.82, 2.24) is 9.62 Å². The zero-order valence-electron chi connectivity index (χ0n) is 16.2. The van der Waals surface area contributed by atoms with E-state index in [2.05, 4.69) is 5.32 Å². The molecule has 0 heterocycles. The van der Waals surface area contributed by atoms with Crippen LogP contribution in [0.1, 0.15) is 32.3 Å². The Kier molecular flexibility index (Phi) is 8.46. The first-order chi connectivity index (χ1) is 13.6. The van der Waals surface area contributed by atoms with Crippen molar-refractivity contribution in [2.24, 2.45) is 0 Å². The summed E-state index contributed by atoms with van der Waals surface area (Å²) >= 11 is 11.9. The number of rotatable bonds is 9. The Bertz CT molecular complexity index is 932. The molecule has 0 aromatic heterocycles. The molecule has 0 saturated carbocycles. The van der Waals surface area contributed by atoms with Crippen molar-refractivity contribution in [3.8, 4) is 0 Å². The van der Waals surface area contributed by atoms with E-state index in [1.807, 2.05) is 13.8 Å². The third kappa shape index (κ3) is 6.40. The van der Waals surface area contributed by atoms with Crippen molar-refractivity contribution in [2.45, 2.75) is 44.2 Å². The second kappa shape index (κ2) is 10.4. The van der Waals surface area contributed by atoms with Crippen LogP contribution in [0.4, 0.5) is 4.39 Å². The highest BCUT2D eigenvalue weighted by molar-refractivity contribution is 7.89. The van der Waals surface area contributed by atoms with Gasteiger partial charge in [-0.2, -0.15) is 4.31 Å². The predicted molar refractivity (Wildman–Crippen MR) is 113 cm³/mol. The Morgan fingerprint density at radius 1 is 1.17 bits per heavy atom. The minimum absolute atomic E-state index is 0.00103. The van der Waals surface area contributed by atoms with E-state index in [0.29, 0.717) is 5.02 Å². The molecule has 0 fully saturated rings. The van der Waals surface area contributed by atoms with Gasteiger partial charge < -0.3 is 5.32 Å². The molecule has 9 heteroatoms. The van der Waals surface area contributed by atoms with Crippen molar-refractivity contribution in [1.29, 1.82) is 0 Å². The Morgan fingerprint density at radius 3 is 2.41 bits per heavy atom. The Morgan fingerprint density at radius 2 is 1.83 bits per heavy atom. The lowest BCUT2D eigenvalue weighted by molar-refractivity contribution is -0.122. The van der Waals surface area contributed by atoms with Gasteiger partial charge in [-0.15, -0.1) is 0 Å². The van der Waals surface area contributed by atoms with Crippen LogP contribution in [0.3, 0.4) is 0 Å². The van der Waals surface area contributed by atoms with Crippen LogP contribution in [0, 0.1) is 5.82 Å². The number of hydrogen-bond acceptors (Lipinski definition) is 3. The molecule has 29 heavy (non-hydrogen) atoms. The highest BCUT2D eigenvalue weighted by atomic mass is 35.5. The molecule has 0 saturated heterocycles. The molecule has 1 atom stereocenters. The number of carbonyl (C=O) groups excluding carboxylic acids is 1. The van der Waals surface area contributed by atoms with Crippen LogP contribution in [-0.2, 0) is 21.4 Å². The molecule has 2 aromatic carbocycles. The topological polar surface area (TPSA) is 66.5 Å². The number of halogens is 3. The fourth-order valence-electron chi connectivity index (χ4n) is 2.83. The summed E-state index contributed by atoms with van der Waals surface area (Å²) in [5, 5.41) is 3.22. The van der Waals surface area contributed by atoms with Crippen molar-refractivity contribution >= 4 is 39.1 Å². The molecule has 1 amide bonds. The van der Waals surface area contributed by atoms with Gasteiger partial charge in [-0.25, -0.2) is 12.8 Å². The molecule has 158 valence electrons. The van der Waals surface area contributed by atoms with E-state index in [1.54, 1.807) is 0 Å². The Balaban J connectivity index is 2.36. The first kappa shape index (κ1) is 23.6.